The van der Waals surface area contributed by atoms with Crippen LogP contribution < -0.4 is 0 Å². The van der Waals surface area contributed by atoms with Crippen molar-refractivity contribution in [2.75, 3.05) is 26.9 Å². The van der Waals surface area contributed by atoms with Gasteiger partial charge >= 0.3 is 0 Å². The van der Waals surface area contributed by atoms with Gasteiger partial charge < -0.3 is 9.47 Å². The predicted molar refractivity (Wildman–Crippen MR) is 62.5 cm³/mol. The minimum atomic E-state index is -0.0118. The van der Waals surface area contributed by atoms with Gasteiger partial charge in [-0.25, -0.2) is 0 Å². The summed E-state index contributed by atoms with van der Waals surface area (Å²) in [5, 5.41) is 0. The lowest BCUT2D eigenvalue weighted by molar-refractivity contribution is -0.127. The minimum absolute atomic E-state index is 0.0118. The molecule has 3 heteroatoms. The predicted octanol–water partition coefficient (Wildman–Crippen LogP) is 1.85. The van der Waals surface area contributed by atoms with E-state index < -0.39 is 0 Å². The lowest BCUT2D eigenvalue weighted by atomic mass is 10.1. The Morgan fingerprint density at radius 3 is 2.62 bits per heavy atom. The maximum Gasteiger partial charge on any atom is 0.183 e. The maximum atomic E-state index is 11.0. The zero-order valence-electron chi connectivity index (χ0n) is 9.65. The molecule has 0 atom stereocenters. The first-order valence-electron chi connectivity index (χ1n) is 5.45. The fraction of sp³-hybridized carbons (Fsp3) is 0.462. The summed E-state index contributed by atoms with van der Waals surface area (Å²) in [4.78, 5) is 11.0. The first-order chi connectivity index (χ1) is 7.83. The van der Waals surface area contributed by atoms with Crippen molar-refractivity contribution in [3.8, 4) is 0 Å². The van der Waals surface area contributed by atoms with Crippen LogP contribution in [0.3, 0.4) is 0 Å². The molecule has 16 heavy (non-hydrogen) atoms. The first kappa shape index (κ1) is 12.9. The second kappa shape index (κ2) is 8.02. The summed E-state index contributed by atoms with van der Waals surface area (Å²) in [5.74, 6) is -0.0118. The molecule has 0 aliphatic carbocycles. The topological polar surface area (TPSA) is 35.5 Å². The van der Waals surface area contributed by atoms with E-state index in [-0.39, 0.29) is 19.0 Å². The highest BCUT2D eigenvalue weighted by Gasteiger charge is 2.00. The van der Waals surface area contributed by atoms with Gasteiger partial charge in [0.25, 0.3) is 0 Å². The molecule has 1 aromatic carbocycles. The van der Waals surface area contributed by atoms with Gasteiger partial charge in [0.15, 0.2) is 5.78 Å². The zero-order chi connectivity index (χ0) is 11.6. The fourth-order valence-corrected chi connectivity index (χ4v) is 1.41. The highest BCUT2D eigenvalue weighted by molar-refractivity contribution is 5.80. The number of rotatable bonds is 8. The number of ketones is 1. The monoisotopic (exact) mass is 222 g/mol. The van der Waals surface area contributed by atoms with Gasteiger partial charge in [0.2, 0.25) is 0 Å². The molecule has 0 aromatic heterocycles. The summed E-state index contributed by atoms with van der Waals surface area (Å²) >= 11 is 0. The van der Waals surface area contributed by atoms with Gasteiger partial charge in [-0.3, -0.25) is 4.79 Å². The van der Waals surface area contributed by atoms with Crippen LogP contribution in [0.1, 0.15) is 12.0 Å². The van der Waals surface area contributed by atoms with Crippen molar-refractivity contribution in [3.63, 3.8) is 0 Å². The zero-order valence-corrected chi connectivity index (χ0v) is 9.65. The minimum Gasteiger partial charge on any atom is -0.377 e. The van der Waals surface area contributed by atoms with Crippen molar-refractivity contribution < 1.29 is 14.3 Å². The largest absolute Gasteiger partial charge is 0.377 e. The molecule has 1 aromatic rings. The second-order valence-corrected chi connectivity index (χ2v) is 3.61. The third-order valence-electron chi connectivity index (χ3n) is 2.17. The third kappa shape index (κ3) is 5.63. The van der Waals surface area contributed by atoms with E-state index in [0.717, 1.165) is 12.8 Å². The third-order valence-corrected chi connectivity index (χ3v) is 2.17. The number of hydrogen-bond acceptors (Lipinski definition) is 3. The Balaban J connectivity index is 2.02. The number of carbonyl (C=O) groups is 1. The van der Waals surface area contributed by atoms with Gasteiger partial charge in [-0.2, -0.15) is 0 Å². The SMILES string of the molecule is COCC(=O)COCCCc1ccccc1. The average Bonchev–Trinajstić information content (AvgIpc) is 2.30. The highest BCUT2D eigenvalue weighted by Crippen LogP contribution is 2.02. The van der Waals surface area contributed by atoms with E-state index in [4.69, 9.17) is 9.47 Å². The molecule has 0 bridgehead atoms. The Morgan fingerprint density at radius 2 is 1.94 bits per heavy atom. The van der Waals surface area contributed by atoms with E-state index in [1.165, 1.54) is 12.7 Å². The molecule has 1 rings (SSSR count). The molecular weight excluding hydrogens is 204 g/mol. The highest BCUT2D eigenvalue weighted by atomic mass is 16.5. The summed E-state index contributed by atoms with van der Waals surface area (Å²) in [6.45, 7) is 0.908. The lowest BCUT2D eigenvalue weighted by Gasteiger charge is -2.03. The van der Waals surface area contributed by atoms with Crippen molar-refractivity contribution in [1.82, 2.24) is 0 Å². The second-order valence-electron chi connectivity index (χ2n) is 3.61. The molecular formula is C13H18O3. The molecule has 3 nitrogen and oxygen atoms in total. The number of Topliss-reactive ketones (excluding diaryl/α,β-unsaturated/α-hetero) is 1. The van der Waals surface area contributed by atoms with E-state index in [1.807, 2.05) is 18.2 Å². The molecule has 88 valence electrons. The molecule has 0 heterocycles. The Kier molecular flexibility index (Phi) is 6.45. The summed E-state index contributed by atoms with van der Waals surface area (Å²) in [6, 6.07) is 10.2. The van der Waals surface area contributed by atoms with Crippen LogP contribution in [0.15, 0.2) is 30.3 Å². The number of carbonyl (C=O) groups excluding carboxylic acids is 1. The quantitative estimate of drug-likeness (QED) is 0.630. The molecule has 0 aliphatic rings. The molecule has 0 amide bonds. The number of methoxy groups -OCH3 is 1. The van der Waals surface area contributed by atoms with Crippen molar-refractivity contribution in [2.45, 2.75) is 12.8 Å². The summed E-state index contributed by atoms with van der Waals surface area (Å²) < 4.78 is 9.94. The van der Waals surface area contributed by atoms with Gasteiger partial charge in [-0.15, -0.1) is 0 Å². The lowest BCUT2D eigenvalue weighted by Crippen LogP contribution is -2.14. The fourth-order valence-electron chi connectivity index (χ4n) is 1.41. The van der Waals surface area contributed by atoms with Gasteiger partial charge in [0, 0.05) is 13.7 Å². The number of benzene rings is 1. The van der Waals surface area contributed by atoms with Crippen molar-refractivity contribution in [1.29, 1.82) is 0 Å². The van der Waals surface area contributed by atoms with Gasteiger partial charge in [-0.1, -0.05) is 30.3 Å². The van der Waals surface area contributed by atoms with Crippen LogP contribution in [0, 0.1) is 0 Å². The molecule has 0 saturated carbocycles. The van der Waals surface area contributed by atoms with E-state index in [1.54, 1.807) is 0 Å². The molecule has 0 radical (unpaired) electrons. The van der Waals surface area contributed by atoms with E-state index in [0.29, 0.717) is 6.61 Å². The number of ether oxygens (including phenoxy) is 2. The normalized spacial score (nSPS) is 10.3. The summed E-state index contributed by atoms with van der Waals surface area (Å²) in [7, 11) is 1.51. The number of hydrogen-bond donors (Lipinski definition) is 0. The Morgan fingerprint density at radius 1 is 1.19 bits per heavy atom. The first-order valence-corrected chi connectivity index (χ1v) is 5.45. The van der Waals surface area contributed by atoms with Crippen LogP contribution in [0.5, 0.6) is 0 Å². The summed E-state index contributed by atoms with van der Waals surface area (Å²) in [6.07, 6.45) is 1.92. The van der Waals surface area contributed by atoms with Crippen LogP contribution in [0.2, 0.25) is 0 Å². The van der Waals surface area contributed by atoms with E-state index in [9.17, 15) is 4.79 Å². The molecule has 0 fully saturated rings. The Hall–Kier alpha value is -1.19. The van der Waals surface area contributed by atoms with Gasteiger partial charge in [0.05, 0.1) is 0 Å². The smallest absolute Gasteiger partial charge is 0.183 e. The Labute approximate surface area is 96.4 Å². The molecule has 0 saturated heterocycles. The molecule has 0 aliphatic heterocycles. The van der Waals surface area contributed by atoms with Crippen LogP contribution in [0.4, 0.5) is 0 Å². The van der Waals surface area contributed by atoms with Crippen LogP contribution in [-0.2, 0) is 20.7 Å². The Bertz CT molecular complexity index is 295. The maximum absolute atomic E-state index is 11.0. The van der Waals surface area contributed by atoms with Crippen LogP contribution in [0.25, 0.3) is 0 Å². The van der Waals surface area contributed by atoms with Crippen molar-refractivity contribution in [3.05, 3.63) is 35.9 Å². The van der Waals surface area contributed by atoms with Gasteiger partial charge in [-0.05, 0) is 18.4 Å². The number of aryl methyl sites for hydroxylation is 1. The van der Waals surface area contributed by atoms with E-state index >= 15 is 0 Å². The molecule has 0 unspecified atom stereocenters. The van der Waals surface area contributed by atoms with Crippen molar-refractivity contribution >= 4 is 5.78 Å². The van der Waals surface area contributed by atoms with E-state index in [2.05, 4.69) is 12.1 Å². The standard InChI is InChI=1S/C13H18O3/c1-15-10-13(14)11-16-9-5-8-12-6-3-2-4-7-12/h2-4,6-7H,5,8-11H2,1H3. The van der Waals surface area contributed by atoms with Gasteiger partial charge in [0.1, 0.15) is 13.2 Å². The van der Waals surface area contributed by atoms with Crippen molar-refractivity contribution in [2.24, 2.45) is 0 Å². The molecule has 0 N–H and O–H groups in total. The van der Waals surface area contributed by atoms with Crippen LogP contribution in [-0.4, -0.2) is 32.7 Å². The average molecular weight is 222 g/mol. The van der Waals surface area contributed by atoms with Crippen LogP contribution >= 0.6 is 0 Å². The summed E-state index contributed by atoms with van der Waals surface area (Å²) in [5.41, 5.74) is 1.30. The molecule has 0 spiro atoms.